The molecule has 1 aliphatic rings. The second kappa shape index (κ2) is 20.9. The number of carboxylic acid groups (broad SMARTS) is 1. The molecule has 5 N–H and O–H groups in total. The first-order valence-corrected chi connectivity index (χ1v) is 18.1. The van der Waals surface area contributed by atoms with E-state index in [4.69, 9.17) is 9.90 Å². The van der Waals surface area contributed by atoms with Crippen LogP contribution >= 0.6 is 32.1 Å². The number of carboxylic acids is 1. The van der Waals surface area contributed by atoms with Gasteiger partial charge in [0.2, 0.25) is 11.8 Å². The molecule has 17 heteroatoms. The minimum Gasteiger partial charge on any atom is -0.481 e. The van der Waals surface area contributed by atoms with E-state index < -0.39 is 17.3 Å². The van der Waals surface area contributed by atoms with E-state index in [0.717, 1.165) is 22.0 Å². The SMILES string of the molecule is CC(=O)O.CC(C)n1c(=O)[nH]c(N[C@@H](C)c2ccccc2)c(Br)c1=O.CC(C)n1c(=O)cc(N[C@@H](C)c2ccccc2)[nH]c1=O.O=C1CCC(=O)N1Br. The Morgan fingerprint density at radius 3 is 1.51 bits per heavy atom. The lowest BCUT2D eigenvalue weighted by molar-refractivity contribution is -0.134. The number of aromatic amines is 2. The van der Waals surface area contributed by atoms with Gasteiger partial charge in [-0.1, -0.05) is 60.7 Å². The summed E-state index contributed by atoms with van der Waals surface area (Å²) in [5.41, 5.74) is 0.707. The van der Waals surface area contributed by atoms with Gasteiger partial charge in [-0.25, -0.2) is 13.5 Å². The Labute approximate surface area is 322 Å². The first-order chi connectivity index (χ1) is 24.8. The van der Waals surface area contributed by atoms with E-state index in [1.807, 2.05) is 74.5 Å². The molecule has 5 rings (SSSR count). The summed E-state index contributed by atoms with van der Waals surface area (Å²) < 4.78 is 3.69. The maximum atomic E-state index is 12.2. The monoisotopic (exact) mass is 861 g/mol. The number of aromatic nitrogens is 4. The molecular weight excluding hydrogens is 818 g/mol. The highest BCUT2D eigenvalue weighted by molar-refractivity contribution is 9.10. The average Bonchev–Trinajstić information content (AvgIpc) is 3.38. The Hall–Kier alpha value is -5.03. The van der Waals surface area contributed by atoms with Crippen LogP contribution in [-0.2, 0) is 14.4 Å². The number of hydrogen-bond acceptors (Lipinski definition) is 9. The molecule has 0 aliphatic carbocycles. The zero-order valence-electron chi connectivity index (χ0n) is 30.5. The van der Waals surface area contributed by atoms with Crippen molar-refractivity contribution in [2.24, 2.45) is 0 Å². The van der Waals surface area contributed by atoms with Gasteiger partial charge in [-0.15, -0.1) is 0 Å². The Morgan fingerprint density at radius 2 is 1.13 bits per heavy atom. The summed E-state index contributed by atoms with van der Waals surface area (Å²) in [4.78, 5) is 83.4. The highest BCUT2D eigenvalue weighted by Gasteiger charge is 2.26. The van der Waals surface area contributed by atoms with Crippen LogP contribution in [0, 0.1) is 0 Å². The predicted molar refractivity (Wildman–Crippen MR) is 211 cm³/mol. The largest absolute Gasteiger partial charge is 0.481 e. The molecule has 2 aromatic carbocycles. The van der Waals surface area contributed by atoms with E-state index in [0.29, 0.717) is 29.0 Å². The van der Waals surface area contributed by atoms with Gasteiger partial charge in [-0.05, 0) is 68.6 Å². The van der Waals surface area contributed by atoms with Crippen molar-refractivity contribution < 1.29 is 19.5 Å². The molecule has 0 spiro atoms. The highest BCUT2D eigenvalue weighted by atomic mass is 79.9. The molecule has 0 radical (unpaired) electrons. The van der Waals surface area contributed by atoms with Crippen molar-refractivity contribution >= 4 is 61.5 Å². The van der Waals surface area contributed by atoms with Gasteiger partial charge in [0.15, 0.2) is 0 Å². The molecule has 15 nitrogen and oxygen atoms in total. The van der Waals surface area contributed by atoms with Crippen LogP contribution in [0.2, 0.25) is 0 Å². The minimum absolute atomic E-state index is 0.00106. The number of carbonyl (C=O) groups is 3. The standard InChI is InChI=1S/C15H18BrN3O2.C15H19N3O2.C4H4BrNO2.C2H4O2/c1-9(2)19-14(20)12(16)13(18-15(19)21)17-10(3)11-7-5-4-6-8-11;1-10(2)18-14(19)9-13(17-15(18)20)16-11(3)12-7-5-4-6-8-12;5-6-3(7)1-2-4(6)8;1-2(3)4/h4-10,17H,1-3H3,(H,18,21);4-11,16H,1-3H3,(H,17,20);1-2H2;1H3,(H,3,4)/t10-;11-;;/m00../s1. The maximum absolute atomic E-state index is 12.2. The zero-order chi connectivity index (χ0) is 40.0. The third-order valence-corrected chi connectivity index (χ3v) is 8.92. The lowest BCUT2D eigenvalue weighted by Gasteiger charge is -2.17. The number of imide groups is 1. The van der Waals surface area contributed by atoms with Gasteiger partial charge >= 0.3 is 11.4 Å². The van der Waals surface area contributed by atoms with E-state index in [1.165, 1.54) is 15.2 Å². The summed E-state index contributed by atoms with van der Waals surface area (Å²) in [7, 11) is 0. The van der Waals surface area contributed by atoms with Gasteiger partial charge in [0.05, 0.1) is 16.1 Å². The molecule has 3 heterocycles. The molecule has 0 bridgehead atoms. The molecule has 286 valence electrons. The molecular formula is C36H45Br2N7O8. The van der Waals surface area contributed by atoms with E-state index in [1.54, 1.807) is 27.7 Å². The Morgan fingerprint density at radius 1 is 0.717 bits per heavy atom. The van der Waals surface area contributed by atoms with Gasteiger partial charge in [0.25, 0.3) is 17.1 Å². The first-order valence-electron chi connectivity index (χ1n) is 16.6. The fraction of sp³-hybridized carbons (Fsp3) is 0.361. The number of hydrogen-bond donors (Lipinski definition) is 5. The highest BCUT2D eigenvalue weighted by Crippen LogP contribution is 2.21. The van der Waals surface area contributed by atoms with E-state index in [-0.39, 0.29) is 47.1 Å². The van der Waals surface area contributed by atoms with Crippen LogP contribution in [0.4, 0.5) is 11.6 Å². The topological polar surface area (TPSA) is 208 Å². The summed E-state index contributed by atoms with van der Waals surface area (Å²) in [6.45, 7) is 12.2. The molecule has 1 saturated heterocycles. The van der Waals surface area contributed by atoms with Crippen molar-refractivity contribution in [1.29, 1.82) is 0 Å². The van der Waals surface area contributed by atoms with Gasteiger partial charge in [0, 0.05) is 50.0 Å². The minimum atomic E-state index is -0.833. The molecule has 4 aromatic rings. The quantitative estimate of drug-likeness (QED) is 0.105. The molecule has 0 saturated carbocycles. The molecule has 2 aromatic heterocycles. The number of nitrogens with zero attached hydrogens (tertiary/aromatic N) is 3. The lowest BCUT2D eigenvalue weighted by atomic mass is 10.1. The molecule has 2 amide bonds. The second-order valence-corrected chi connectivity index (χ2v) is 13.8. The number of aliphatic carboxylic acids is 1. The van der Waals surface area contributed by atoms with Crippen LogP contribution in [-0.4, -0.2) is 45.9 Å². The van der Waals surface area contributed by atoms with E-state index in [2.05, 4.69) is 52.7 Å². The van der Waals surface area contributed by atoms with Crippen LogP contribution in [0.3, 0.4) is 0 Å². The summed E-state index contributed by atoms with van der Waals surface area (Å²) >= 11 is 6.07. The Kier molecular flexibility index (Phi) is 17.4. The second-order valence-electron chi connectivity index (χ2n) is 12.3. The molecule has 53 heavy (non-hydrogen) atoms. The molecule has 0 unspecified atom stereocenters. The van der Waals surface area contributed by atoms with Crippen LogP contribution in [0.25, 0.3) is 0 Å². The summed E-state index contributed by atoms with van der Waals surface area (Å²) in [6.07, 6.45) is 0.703. The van der Waals surface area contributed by atoms with Crippen LogP contribution in [0.15, 0.2) is 90.4 Å². The Bertz CT molecular complexity index is 2030. The number of halogens is 2. The van der Waals surface area contributed by atoms with Gasteiger partial charge in [-0.3, -0.25) is 43.1 Å². The maximum Gasteiger partial charge on any atom is 0.330 e. The predicted octanol–water partition coefficient (Wildman–Crippen LogP) is 5.88. The third-order valence-electron chi connectivity index (χ3n) is 7.40. The first kappa shape index (κ1) is 44.1. The van der Waals surface area contributed by atoms with Crippen LogP contribution in [0.1, 0.15) is 96.6 Å². The zero-order valence-corrected chi connectivity index (χ0v) is 33.6. The Balaban J connectivity index is 0.000000281. The van der Waals surface area contributed by atoms with Crippen molar-refractivity contribution in [3.8, 4) is 0 Å². The van der Waals surface area contributed by atoms with Crippen molar-refractivity contribution in [1.82, 2.24) is 23.0 Å². The normalized spacial score (nSPS) is 13.2. The smallest absolute Gasteiger partial charge is 0.330 e. The van der Waals surface area contributed by atoms with Gasteiger partial charge < -0.3 is 15.7 Å². The number of amides is 2. The third kappa shape index (κ3) is 13.5. The summed E-state index contributed by atoms with van der Waals surface area (Å²) in [5, 5.41) is 13.7. The number of benzene rings is 2. The fourth-order valence-corrected chi connectivity index (χ4v) is 5.58. The van der Waals surface area contributed by atoms with Crippen molar-refractivity contribution in [2.75, 3.05) is 10.6 Å². The number of rotatable bonds is 8. The number of H-pyrrole nitrogens is 2. The number of nitrogens with one attached hydrogen (secondary N) is 4. The number of anilines is 2. The lowest BCUT2D eigenvalue weighted by Crippen LogP contribution is -2.37. The van der Waals surface area contributed by atoms with E-state index >= 15 is 0 Å². The molecule has 1 fully saturated rings. The van der Waals surface area contributed by atoms with Gasteiger partial charge in [-0.2, -0.15) is 0 Å². The molecule has 1 aliphatic heterocycles. The van der Waals surface area contributed by atoms with Crippen molar-refractivity contribution in [3.05, 3.63) is 124 Å². The molecule has 2 atom stereocenters. The van der Waals surface area contributed by atoms with Gasteiger partial charge in [0.1, 0.15) is 16.1 Å². The van der Waals surface area contributed by atoms with E-state index in [9.17, 15) is 28.8 Å². The van der Waals surface area contributed by atoms with Crippen molar-refractivity contribution in [2.45, 2.75) is 85.5 Å². The average molecular weight is 864 g/mol. The van der Waals surface area contributed by atoms with Crippen LogP contribution in [0.5, 0.6) is 0 Å². The summed E-state index contributed by atoms with van der Waals surface area (Å²) in [6, 6.07) is 20.7. The summed E-state index contributed by atoms with van der Waals surface area (Å²) in [5.74, 6) is -0.281. The number of carbonyl (C=O) groups excluding carboxylic acids is 2. The van der Waals surface area contributed by atoms with Crippen molar-refractivity contribution in [3.63, 3.8) is 0 Å². The fourth-order valence-electron chi connectivity index (χ4n) is 4.82. The van der Waals surface area contributed by atoms with Crippen LogP contribution < -0.4 is 33.1 Å².